The van der Waals surface area contributed by atoms with Crippen LogP contribution in [0.25, 0.3) is 0 Å². The van der Waals surface area contributed by atoms with Gasteiger partial charge in [0.2, 0.25) is 5.75 Å². The van der Waals surface area contributed by atoms with Gasteiger partial charge in [-0.15, -0.1) is 0 Å². The molecule has 0 aromatic heterocycles. The third-order valence-corrected chi connectivity index (χ3v) is 5.47. The first-order valence-corrected chi connectivity index (χ1v) is 9.74. The molecule has 0 radical (unpaired) electrons. The standard InChI is InChI=1S/C21H27N3O5/c1-27-19-12-16(13-20(28-2)21(19)29-3)14-22-8-10-23(11-9-22)15-17-6-4-5-7-18(17)24(25)26/h4-7,12-13H,8-11,14-15H2,1-3H3/p+2. The molecule has 1 fully saturated rings. The molecule has 0 unspecified atom stereocenters. The predicted molar refractivity (Wildman–Crippen MR) is 108 cm³/mol. The van der Waals surface area contributed by atoms with E-state index in [9.17, 15) is 10.1 Å². The van der Waals surface area contributed by atoms with Gasteiger partial charge in [-0.1, -0.05) is 12.1 Å². The van der Waals surface area contributed by atoms with E-state index in [1.54, 1.807) is 33.5 Å². The smallest absolute Gasteiger partial charge is 0.278 e. The lowest BCUT2D eigenvalue weighted by atomic mass is 10.1. The highest BCUT2D eigenvalue weighted by atomic mass is 16.6. The number of quaternary nitrogens is 2. The van der Waals surface area contributed by atoms with Crippen molar-refractivity contribution in [2.75, 3.05) is 47.5 Å². The fourth-order valence-corrected chi connectivity index (χ4v) is 3.94. The molecule has 2 N–H and O–H groups in total. The summed E-state index contributed by atoms with van der Waals surface area (Å²) in [5.74, 6) is 1.94. The van der Waals surface area contributed by atoms with Crippen LogP contribution in [-0.2, 0) is 13.1 Å². The zero-order valence-corrected chi connectivity index (χ0v) is 17.2. The topological polar surface area (TPSA) is 79.7 Å². The molecule has 1 aliphatic heterocycles. The number of nitrogens with zero attached hydrogens (tertiary/aromatic N) is 1. The number of nitrogens with one attached hydrogen (secondary N) is 2. The first kappa shape index (κ1) is 20.9. The lowest BCUT2D eigenvalue weighted by molar-refractivity contribution is -1.02. The van der Waals surface area contributed by atoms with E-state index in [2.05, 4.69) is 0 Å². The second kappa shape index (κ2) is 9.58. The van der Waals surface area contributed by atoms with E-state index in [0.29, 0.717) is 23.8 Å². The molecule has 2 aromatic rings. The molecule has 0 amide bonds. The van der Waals surface area contributed by atoms with E-state index in [0.717, 1.165) is 43.9 Å². The zero-order valence-electron chi connectivity index (χ0n) is 17.2. The molecular weight excluding hydrogens is 374 g/mol. The summed E-state index contributed by atoms with van der Waals surface area (Å²) in [6, 6.07) is 11.0. The van der Waals surface area contributed by atoms with Gasteiger partial charge >= 0.3 is 0 Å². The van der Waals surface area contributed by atoms with E-state index >= 15 is 0 Å². The second-order valence-corrected chi connectivity index (χ2v) is 7.27. The molecule has 1 aliphatic rings. The average molecular weight is 403 g/mol. The highest BCUT2D eigenvalue weighted by Gasteiger charge is 2.26. The number of nitro groups is 1. The average Bonchev–Trinajstić information content (AvgIpc) is 2.74. The maximum absolute atomic E-state index is 11.2. The normalized spacial score (nSPS) is 18.9. The fourth-order valence-electron chi connectivity index (χ4n) is 3.94. The lowest BCUT2D eigenvalue weighted by Gasteiger charge is -2.30. The van der Waals surface area contributed by atoms with Crippen molar-refractivity contribution >= 4 is 5.69 Å². The number of piperazine rings is 1. The minimum Gasteiger partial charge on any atom is -0.493 e. The van der Waals surface area contributed by atoms with Gasteiger partial charge in [-0.05, 0) is 18.2 Å². The molecule has 2 aromatic carbocycles. The molecular formula is C21H29N3O5+2. The van der Waals surface area contributed by atoms with Crippen LogP contribution in [0.4, 0.5) is 5.69 Å². The molecule has 0 aliphatic carbocycles. The molecule has 8 heteroatoms. The van der Waals surface area contributed by atoms with Gasteiger partial charge in [0.05, 0.1) is 31.8 Å². The van der Waals surface area contributed by atoms with Crippen LogP contribution in [-0.4, -0.2) is 52.4 Å². The monoisotopic (exact) mass is 403 g/mol. The minimum absolute atomic E-state index is 0.215. The van der Waals surface area contributed by atoms with Gasteiger partial charge < -0.3 is 24.0 Å². The van der Waals surface area contributed by atoms with E-state index in [1.165, 1.54) is 9.80 Å². The highest BCUT2D eigenvalue weighted by Crippen LogP contribution is 2.37. The summed E-state index contributed by atoms with van der Waals surface area (Å²) in [4.78, 5) is 13.8. The molecule has 0 atom stereocenters. The van der Waals surface area contributed by atoms with Crippen LogP contribution in [0, 0.1) is 10.1 Å². The Morgan fingerprint density at radius 1 is 0.897 bits per heavy atom. The molecule has 3 rings (SSSR count). The van der Waals surface area contributed by atoms with Gasteiger partial charge in [0.25, 0.3) is 5.69 Å². The summed E-state index contributed by atoms with van der Waals surface area (Å²) in [7, 11) is 4.85. The summed E-state index contributed by atoms with van der Waals surface area (Å²) < 4.78 is 16.3. The Bertz CT molecular complexity index is 825. The number of hydrogen-bond donors (Lipinski definition) is 2. The van der Waals surface area contributed by atoms with Gasteiger partial charge in [0.15, 0.2) is 11.5 Å². The first-order valence-electron chi connectivity index (χ1n) is 9.74. The highest BCUT2D eigenvalue weighted by molar-refractivity contribution is 5.53. The minimum atomic E-state index is -0.291. The molecule has 29 heavy (non-hydrogen) atoms. The summed E-state index contributed by atoms with van der Waals surface area (Å²) >= 11 is 0. The van der Waals surface area contributed by atoms with E-state index < -0.39 is 0 Å². The van der Waals surface area contributed by atoms with Crippen LogP contribution in [0.2, 0.25) is 0 Å². The van der Waals surface area contributed by atoms with Crippen molar-refractivity contribution in [3.63, 3.8) is 0 Å². The van der Waals surface area contributed by atoms with Gasteiger partial charge in [0, 0.05) is 11.6 Å². The number of methoxy groups -OCH3 is 3. The summed E-state index contributed by atoms with van der Waals surface area (Å²) in [6.45, 7) is 5.53. The molecule has 8 nitrogen and oxygen atoms in total. The summed E-state index contributed by atoms with van der Waals surface area (Å²) in [5.41, 5.74) is 2.16. The quantitative estimate of drug-likeness (QED) is 0.483. The van der Waals surface area contributed by atoms with Gasteiger partial charge in [-0.25, -0.2) is 0 Å². The van der Waals surface area contributed by atoms with Crippen molar-refractivity contribution in [1.29, 1.82) is 0 Å². The van der Waals surface area contributed by atoms with Crippen molar-refractivity contribution in [3.8, 4) is 17.2 Å². The number of nitro benzene ring substituents is 1. The Labute approximate surface area is 170 Å². The summed E-state index contributed by atoms with van der Waals surface area (Å²) in [5, 5.41) is 11.2. The molecule has 1 saturated heterocycles. The van der Waals surface area contributed by atoms with Crippen molar-refractivity contribution in [1.82, 2.24) is 0 Å². The van der Waals surface area contributed by atoms with Crippen LogP contribution in [0.5, 0.6) is 17.2 Å². The molecule has 0 bridgehead atoms. The van der Waals surface area contributed by atoms with E-state index in [4.69, 9.17) is 14.2 Å². The molecule has 0 spiro atoms. The zero-order chi connectivity index (χ0) is 20.8. The first-order chi connectivity index (χ1) is 14.0. The molecule has 1 heterocycles. The second-order valence-electron chi connectivity index (χ2n) is 7.27. The summed E-state index contributed by atoms with van der Waals surface area (Å²) in [6.07, 6.45) is 0. The third kappa shape index (κ3) is 4.96. The van der Waals surface area contributed by atoms with Crippen molar-refractivity contribution in [2.24, 2.45) is 0 Å². The van der Waals surface area contributed by atoms with E-state index in [1.807, 2.05) is 24.3 Å². The molecule has 0 saturated carbocycles. The third-order valence-electron chi connectivity index (χ3n) is 5.47. The van der Waals surface area contributed by atoms with Crippen molar-refractivity contribution in [2.45, 2.75) is 13.1 Å². The van der Waals surface area contributed by atoms with Gasteiger partial charge in [0.1, 0.15) is 39.3 Å². The predicted octanol–water partition coefficient (Wildman–Crippen LogP) is 0.104. The van der Waals surface area contributed by atoms with Crippen LogP contribution < -0.4 is 24.0 Å². The number of rotatable bonds is 8. The number of ether oxygens (including phenoxy) is 3. The maximum Gasteiger partial charge on any atom is 0.278 e. The van der Waals surface area contributed by atoms with Gasteiger partial charge in [-0.2, -0.15) is 0 Å². The van der Waals surface area contributed by atoms with Crippen LogP contribution in [0.1, 0.15) is 11.1 Å². The fraction of sp³-hybridized carbons (Fsp3) is 0.429. The maximum atomic E-state index is 11.2. The van der Waals surface area contributed by atoms with Crippen LogP contribution >= 0.6 is 0 Å². The Hall–Kier alpha value is -2.84. The number of benzene rings is 2. The Balaban J connectivity index is 1.61. The Morgan fingerprint density at radius 2 is 1.45 bits per heavy atom. The molecule has 156 valence electrons. The van der Waals surface area contributed by atoms with Crippen LogP contribution in [0.3, 0.4) is 0 Å². The Morgan fingerprint density at radius 3 is 1.97 bits per heavy atom. The van der Waals surface area contributed by atoms with Gasteiger partial charge in [-0.3, -0.25) is 10.1 Å². The SMILES string of the molecule is COc1cc(C[NH+]2CC[NH+](Cc3ccccc3[N+](=O)[O-])CC2)cc(OC)c1OC. The van der Waals surface area contributed by atoms with Crippen LogP contribution in [0.15, 0.2) is 36.4 Å². The van der Waals surface area contributed by atoms with Crippen molar-refractivity contribution in [3.05, 3.63) is 57.6 Å². The number of para-hydroxylation sites is 1. The largest absolute Gasteiger partial charge is 0.493 e. The van der Waals surface area contributed by atoms with E-state index in [-0.39, 0.29) is 10.6 Å². The lowest BCUT2D eigenvalue weighted by Crippen LogP contribution is -3.27. The van der Waals surface area contributed by atoms with Crippen molar-refractivity contribution < 1.29 is 28.9 Å². The Kier molecular flexibility index (Phi) is 6.90. The number of hydrogen-bond acceptors (Lipinski definition) is 5.